The molecule has 0 N–H and O–H groups in total. The molecule has 3 rings (SSSR count). The molecular weight excluding hydrogens is 302 g/mol. The molecule has 0 spiro atoms. The molecular formula is C15H11N3OS2. The first-order valence-electron chi connectivity index (χ1n) is 6.26. The summed E-state index contributed by atoms with van der Waals surface area (Å²) in [5, 5.41) is 6.53. The number of hydrogen-bond donors (Lipinski definition) is 0. The van der Waals surface area contributed by atoms with Crippen molar-refractivity contribution < 1.29 is 4.79 Å². The van der Waals surface area contributed by atoms with Crippen LogP contribution in [-0.2, 0) is 0 Å². The zero-order valence-electron chi connectivity index (χ0n) is 11.2. The largest absolute Gasteiger partial charge is 0.288 e. The summed E-state index contributed by atoms with van der Waals surface area (Å²) < 4.78 is 3.75. The third kappa shape index (κ3) is 3.12. The molecule has 3 aromatic rings. The van der Waals surface area contributed by atoms with E-state index in [-0.39, 0.29) is 5.78 Å². The first-order chi connectivity index (χ1) is 10.2. The number of allylic oxidation sites excluding steroid dienone is 1. The minimum atomic E-state index is -0.0554. The highest BCUT2D eigenvalue weighted by atomic mass is 32.1. The molecule has 0 saturated carbocycles. The summed E-state index contributed by atoms with van der Waals surface area (Å²) in [6.07, 6.45) is 3.19. The number of aromatic nitrogens is 3. The number of carbonyl (C=O) groups is 1. The Morgan fingerprint density at radius 1 is 1.24 bits per heavy atom. The van der Waals surface area contributed by atoms with Crippen molar-refractivity contribution in [1.82, 2.24) is 14.6 Å². The molecule has 0 aliphatic rings. The van der Waals surface area contributed by atoms with Crippen molar-refractivity contribution in [1.29, 1.82) is 0 Å². The monoisotopic (exact) mass is 313 g/mol. The van der Waals surface area contributed by atoms with Gasteiger partial charge in [-0.05, 0) is 30.6 Å². The van der Waals surface area contributed by atoms with E-state index in [9.17, 15) is 4.79 Å². The number of aryl methyl sites for hydroxylation is 1. The van der Waals surface area contributed by atoms with Crippen LogP contribution in [0.1, 0.15) is 21.1 Å². The van der Waals surface area contributed by atoms with Crippen LogP contribution in [0.3, 0.4) is 0 Å². The number of ketones is 1. The third-order valence-electron chi connectivity index (χ3n) is 2.82. The van der Waals surface area contributed by atoms with Crippen LogP contribution < -0.4 is 0 Å². The van der Waals surface area contributed by atoms with E-state index in [1.807, 2.05) is 37.3 Å². The Bertz CT molecular complexity index is 777. The van der Waals surface area contributed by atoms with Gasteiger partial charge in [-0.15, -0.1) is 16.4 Å². The molecule has 2 aromatic heterocycles. The Labute approximate surface area is 130 Å². The van der Waals surface area contributed by atoms with Crippen molar-refractivity contribution in [2.24, 2.45) is 0 Å². The van der Waals surface area contributed by atoms with Crippen LogP contribution in [0.25, 0.3) is 16.6 Å². The molecule has 0 atom stereocenters. The fraction of sp³-hybridized carbons (Fsp3) is 0.0667. The van der Waals surface area contributed by atoms with Crippen molar-refractivity contribution in [3.63, 3.8) is 0 Å². The molecule has 0 saturated heterocycles. The van der Waals surface area contributed by atoms with Crippen molar-refractivity contribution in [2.45, 2.75) is 6.92 Å². The zero-order chi connectivity index (χ0) is 14.7. The lowest BCUT2D eigenvalue weighted by atomic mass is 10.2. The van der Waals surface area contributed by atoms with Crippen LogP contribution >= 0.6 is 22.9 Å². The maximum Gasteiger partial charge on any atom is 0.197 e. The van der Waals surface area contributed by atoms with Crippen LogP contribution in [0, 0.1) is 6.92 Å². The fourth-order valence-electron chi connectivity index (χ4n) is 1.81. The Hall–Kier alpha value is -2.18. The Morgan fingerprint density at radius 3 is 2.76 bits per heavy atom. The quantitative estimate of drug-likeness (QED) is 0.542. The van der Waals surface area contributed by atoms with E-state index >= 15 is 0 Å². The Kier molecular flexibility index (Phi) is 3.98. The minimum Gasteiger partial charge on any atom is -0.288 e. The zero-order valence-corrected chi connectivity index (χ0v) is 12.8. The molecule has 4 nitrogen and oxygen atoms in total. The minimum absolute atomic E-state index is 0.0554. The summed E-state index contributed by atoms with van der Waals surface area (Å²) in [6.45, 7) is 1.86. The molecule has 0 radical (unpaired) electrons. The highest BCUT2D eigenvalue weighted by Gasteiger charge is 2.14. The third-order valence-corrected chi connectivity index (χ3v) is 4.57. The average Bonchev–Trinajstić information content (AvgIpc) is 3.15. The highest BCUT2D eigenvalue weighted by molar-refractivity contribution is 7.17. The van der Waals surface area contributed by atoms with Gasteiger partial charge in [-0.2, -0.15) is 0 Å². The summed E-state index contributed by atoms with van der Waals surface area (Å²) in [5.41, 5.74) is 2.47. The number of nitrogens with zero attached hydrogens (tertiary/aromatic N) is 3. The van der Waals surface area contributed by atoms with Crippen molar-refractivity contribution in [3.05, 3.63) is 58.1 Å². The molecule has 0 unspecified atom stereocenters. The SMILES string of the molecule is Cc1nc(-c2ccccc2)sc1C(=O)/C=C/c1csnn1. The molecule has 21 heavy (non-hydrogen) atoms. The summed E-state index contributed by atoms with van der Waals surface area (Å²) in [6, 6.07) is 9.86. The maximum absolute atomic E-state index is 12.2. The van der Waals surface area contributed by atoms with Crippen LogP contribution in [0.5, 0.6) is 0 Å². The van der Waals surface area contributed by atoms with Gasteiger partial charge in [0.25, 0.3) is 0 Å². The van der Waals surface area contributed by atoms with Crippen molar-refractivity contribution in [3.8, 4) is 10.6 Å². The van der Waals surface area contributed by atoms with Crippen molar-refractivity contribution >= 4 is 34.7 Å². The van der Waals surface area contributed by atoms with Gasteiger partial charge in [-0.1, -0.05) is 34.8 Å². The standard InChI is InChI=1S/C15H11N3OS2/c1-10-14(13(19)8-7-12-9-20-18-17-12)21-15(16-10)11-5-3-2-4-6-11/h2-9H,1H3/b8-7+. The summed E-state index contributed by atoms with van der Waals surface area (Å²) in [5.74, 6) is -0.0554. The van der Waals surface area contributed by atoms with Gasteiger partial charge in [-0.3, -0.25) is 4.79 Å². The van der Waals surface area contributed by atoms with Crippen LogP contribution in [0.2, 0.25) is 0 Å². The van der Waals surface area contributed by atoms with Gasteiger partial charge in [0.2, 0.25) is 0 Å². The van der Waals surface area contributed by atoms with Gasteiger partial charge in [0.15, 0.2) is 5.78 Å². The topological polar surface area (TPSA) is 55.7 Å². The van der Waals surface area contributed by atoms with Gasteiger partial charge < -0.3 is 0 Å². The molecule has 0 bridgehead atoms. The normalized spacial score (nSPS) is 11.1. The smallest absolute Gasteiger partial charge is 0.197 e. The van der Waals surface area contributed by atoms with Gasteiger partial charge in [-0.25, -0.2) is 4.98 Å². The summed E-state index contributed by atoms with van der Waals surface area (Å²) in [7, 11) is 0. The van der Waals surface area contributed by atoms with Gasteiger partial charge in [0, 0.05) is 10.9 Å². The second-order valence-electron chi connectivity index (χ2n) is 4.33. The number of thiazole rings is 1. The number of rotatable bonds is 4. The second-order valence-corrected chi connectivity index (χ2v) is 5.94. The van der Waals surface area contributed by atoms with Crippen molar-refractivity contribution in [2.75, 3.05) is 0 Å². The van der Waals surface area contributed by atoms with E-state index < -0.39 is 0 Å². The Morgan fingerprint density at radius 2 is 2.05 bits per heavy atom. The number of hydrogen-bond acceptors (Lipinski definition) is 6. The lowest BCUT2D eigenvalue weighted by Crippen LogP contribution is -1.93. The van der Waals surface area contributed by atoms with E-state index in [0.29, 0.717) is 10.6 Å². The molecule has 0 amide bonds. The molecule has 2 heterocycles. The molecule has 0 aliphatic carbocycles. The molecule has 6 heteroatoms. The van der Waals surface area contributed by atoms with Crippen LogP contribution in [-0.4, -0.2) is 20.4 Å². The highest BCUT2D eigenvalue weighted by Crippen LogP contribution is 2.28. The summed E-state index contributed by atoms with van der Waals surface area (Å²) >= 11 is 2.67. The lowest BCUT2D eigenvalue weighted by Gasteiger charge is -1.92. The van der Waals surface area contributed by atoms with E-state index in [4.69, 9.17) is 0 Å². The Balaban J connectivity index is 1.86. The van der Waals surface area contributed by atoms with Gasteiger partial charge in [0.1, 0.15) is 5.01 Å². The number of carbonyl (C=O) groups excluding carboxylic acids is 1. The lowest BCUT2D eigenvalue weighted by molar-refractivity contribution is 0.105. The number of benzene rings is 1. The predicted octanol–water partition coefficient (Wildman–Crippen LogP) is 3.87. The van der Waals surface area contributed by atoms with Crippen LogP contribution in [0.15, 0.2) is 41.8 Å². The van der Waals surface area contributed by atoms with E-state index in [2.05, 4.69) is 14.6 Å². The van der Waals surface area contributed by atoms with E-state index in [1.165, 1.54) is 28.9 Å². The van der Waals surface area contributed by atoms with E-state index in [0.717, 1.165) is 16.3 Å². The van der Waals surface area contributed by atoms with Crippen LogP contribution in [0.4, 0.5) is 0 Å². The van der Waals surface area contributed by atoms with Gasteiger partial charge in [0.05, 0.1) is 16.3 Å². The average molecular weight is 313 g/mol. The first kappa shape index (κ1) is 13.8. The van der Waals surface area contributed by atoms with Gasteiger partial charge >= 0.3 is 0 Å². The first-order valence-corrected chi connectivity index (χ1v) is 7.91. The van der Waals surface area contributed by atoms with E-state index in [1.54, 1.807) is 11.5 Å². The molecule has 0 fully saturated rings. The fourth-order valence-corrected chi connectivity index (χ4v) is 3.22. The summed E-state index contributed by atoms with van der Waals surface area (Å²) in [4.78, 5) is 17.4. The molecule has 104 valence electrons. The maximum atomic E-state index is 12.2. The second kappa shape index (κ2) is 6.07. The predicted molar refractivity (Wildman–Crippen MR) is 85.6 cm³/mol. The molecule has 1 aromatic carbocycles. The molecule has 0 aliphatic heterocycles.